The molecule has 150 valence electrons. The zero-order valence-electron chi connectivity index (χ0n) is 16.0. The van der Waals surface area contributed by atoms with Gasteiger partial charge in [0.2, 0.25) is 0 Å². The van der Waals surface area contributed by atoms with Gasteiger partial charge in [-0.2, -0.15) is 0 Å². The molecule has 6 heteroatoms. The summed E-state index contributed by atoms with van der Waals surface area (Å²) in [5.74, 6) is -0.726. The zero-order valence-corrected chi connectivity index (χ0v) is 16.0. The zero-order chi connectivity index (χ0) is 19.8. The molecule has 0 saturated heterocycles. The number of aliphatic hydroxyl groups is 4. The third-order valence-corrected chi connectivity index (χ3v) is 8.69. The smallest absolute Gasteiger partial charge is 0.192 e. The molecule has 8 atom stereocenters. The maximum absolute atomic E-state index is 12.4. The Balaban J connectivity index is 1.77. The minimum absolute atomic E-state index is 0.0533. The van der Waals surface area contributed by atoms with Crippen LogP contribution in [0.4, 0.5) is 0 Å². The Hall–Kier alpha value is -1.08. The second kappa shape index (κ2) is 5.96. The summed E-state index contributed by atoms with van der Waals surface area (Å²) in [6.07, 6.45) is 3.01. The van der Waals surface area contributed by atoms with Crippen molar-refractivity contribution in [3.63, 3.8) is 0 Å². The molecule has 6 unspecified atom stereocenters. The third-order valence-electron chi connectivity index (χ3n) is 8.69. The van der Waals surface area contributed by atoms with Crippen molar-refractivity contribution in [2.45, 2.75) is 70.2 Å². The van der Waals surface area contributed by atoms with E-state index in [1.54, 1.807) is 13.0 Å². The second-order valence-electron chi connectivity index (χ2n) is 9.68. The van der Waals surface area contributed by atoms with Crippen LogP contribution in [0.2, 0.25) is 0 Å². The number of Topliss-reactive ketones (excluding diaryl/α,β-unsaturated/α-hetero) is 1. The average Bonchev–Trinajstić information content (AvgIpc) is 2.82. The van der Waals surface area contributed by atoms with Crippen LogP contribution in [0.1, 0.15) is 52.4 Å². The molecule has 0 amide bonds. The van der Waals surface area contributed by atoms with Crippen LogP contribution >= 0.6 is 0 Å². The minimum atomic E-state index is -2.03. The molecule has 4 N–H and O–H groups in total. The summed E-state index contributed by atoms with van der Waals surface area (Å²) >= 11 is 0. The van der Waals surface area contributed by atoms with E-state index in [0.717, 1.165) is 18.4 Å². The number of hydrogen-bond acceptors (Lipinski definition) is 6. The van der Waals surface area contributed by atoms with E-state index < -0.39 is 35.6 Å². The van der Waals surface area contributed by atoms with Crippen molar-refractivity contribution in [3.05, 3.63) is 11.6 Å². The summed E-state index contributed by atoms with van der Waals surface area (Å²) in [6.45, 7) is 3.08. The SMILES string of the molecule is CC12CCC(=O)C=C1CCC1C2C(O)CC2(C)C1C[C@@H](O)[C@]2(O)C(=O)CO. The van der Waals surface area contributed by atoms with E-state index in [0.29, 0.717) is 19.3 Å². The number of rotatable bonds is 2. The largest absolute Gasteiger partial charge is 0.393 e. The summed E-state index contributed by atoms with van der Waals surface area (Å²) in [4.78, 5) is 24.3. The number of carbonyl (C=O) groups is 2. The Morgan fingerprint density at radius 3 is 2.63 bits per heavy atom. The van der Waals surface area contributed by atoms with Crippen LogP contribution < -0.4 is 0 Å². The number of fused-ring (bicyclic) bond motifs is 5. The number of aliphatic hydroxyl groups excluding tert-OH is 3. The van der Waals surface area contributed by atoms with Gasteiger partial charge >= 0.3 is 0 Å². The second-order valence-corrected chi connectivity index (χ2v) is 9.68. The lowest BCUT2D eigenvalue weighted by Crippen LogP contribution is -2.64. The van der Waals surface area contributed by atoms with Gasteiger partial charge in [0.1, 0.15) is 6.61 Å². The molecule has 0 radical (unpaired) electrons. The lowest BCUT2D eigenvalue weighted by molar-refractivity contribution is -0.193. The van der Waals surface area contributed by atoms with Crippen molar-refractivity contribution >= 4 is 11.6 Å². The molecule has 6 nitrogen and oxygen atoms in total. The molecule has 0 aromatic carbocycles. The Labute approximate surface area is 159 Å². The Morgan fingerprint density at radius 1 is 1.26 bits per heavy atom. The molecule has 3 fully saturated rings. The highest BCUT2D eigenvalue weighted by Gasteiger charge is 2.71. The summed E-state index contributed by atoms with van der Waals surface area (Å²) in [6, 6.07) is 0. The van der Waals surface area contributed by atoms with Gasteiger partial charge in [0.05, 0.1) is 12.2 Å². The maximum atomic E-state index is 12.4. The summed E-state index contributed by atoms with van der Waals surface area (Å²) in [7, 11) is 0. The predicted molar refractivity (Wildman–Crippen MR) is 96.5 cm³/mol. The first-order chi connectivity index (χ1) is 12.6. The van der Waals surface area contributed by atoms with E-state index in [2.05, 4.69) is 6.92 Å². The molecule has 0 bridgehead atoms. The monoisotopic (exact) mass is 378 g/mol. The molecule has 0 aliphatic heterocycles. The molecule has 4 rings (SSSR count). The van der Waals surface area contributed by atoms with Gasteiger partial charge in [-0.1, -0.05) is 19.4 Å². The van der Waals surface area contributed by atoms with Gasteiger partial charge in [0, 0.05) is 11.8 Å². The van der Waals surface area contributed by atoms with E-state index >= 15 is 0 Å². The van der Waals surface area contributed by atoms with Crippen molar-refractivity contribution in [2.75, 3.05) is 6.61 Å². The van der Waals surface area contributed by atoms with E-state index in [1.807, 2.05) is 0 Å². The highest BCUT2D eigenvalue weighted by atomic mass is 16.4. The number of hydrogen-bond donors (Lipinski definition) is 4. The lowest BCUT2D eigenvalue weighted by atomic mass is 9.45. The highest BCUT2D eigenvalue weighted by Crippen LogP contribution is 2.67. The fourth-order valence-electron chi connectivity index (χ4n) is 7.32. The van der Waals surface area contributed by atoms with E-state index in [9.17, 15) is 30.0 Å². The van der Waals surface area contributed by atoms with Crippen LogP contribution in [0, 0.1) is 28.6 Å². The average molecular weight is 378 g/mol. The molecule has 0 aromatic heterocycles. The third kappa shape index (κ3) is 2.27. The quantitative estimate of drug-likeness (QED) is 0.564. The maximum Gasteiger partial charge on any atom is 0.192 e. The molecule has 0 heterocycles. The van der Waals surface area contributed by atoms with E-state index in [-0.39, 0.29) is 35.4 Å². The van der Waals surface area contributed by atoms with Gasteiger partial charge in [-0.3, -0.25) is 9.59 Å². The van der Waals surface area contributed by atoms with Gasteiger partial charge in [0.15, 0.2) is 17.2 Å². The van der Waals surface area contributed by atoms with Crippen molar-refractivity contribution in [1.29, 1.82) is 0 Å². The molecule has 3 saturated carbocycles. The Bertz CT molecular complexity index is 715. The number of allylic oxidation sites excluding steroid dienone is 1. The van der Waals surface area contributed by atoms with Crippen molar-refractivity contribution < 1.29 is 30.0 Å². The van der Waals surface area contributed by atoms with Crippen LogP contribution in [0.25, 0.3) is 0 Å². The van der Waals surface area contributed by atoms with Crippen molar-refractivity contribution in [3.8, 4) is 0 Å². The number of carbonyl (C=O) groups excluding carboxylic acids is 2. The van der Waals surface area contributed by atoms with Crippen molar-refractivity contribution in [2.24, 2.45) is 28.6 Å². The summed E-state index contributed by atoms with van der Waals surface area (Å²) in [5, 5.41) is 42.4. The fraction of sp³-hybridized carbons (Fsp3) is 0.810. The van der Waals surface area contributed by atoms with Gasteiger partial charge in [-0.15, -0.1) is 0 Å². The normalized spacial score (nSPS) is 51.9. The molecular formula is C21H30O6. The highest BCUT2D eigenvalue weighted by molar-refractivity contribution is 5.92. The van der Waals surface area contributed by atoms with Crippen LogP contribution in [0.3, 0.4) is 0 Å². The van der Waals surface area contributed by atoms with Gasteiger partial charge in [-0.25, -0.2) is 0 Å². The molecule has 27 heavy (non-hydrogen) atoms. The van der Waals surface area contributed by atoms with Crippen LogP contribution in [0.5, 0.6) is 0 Å². The van der Waals surface area contributed by atoms with Gasteiger partial charge in [0.25, 0.3) is 0 Å². The fourth-order valence-corrected chi connectivity index (χ4v) is 7.32. The summed E-state index contributed by atoms with van der Waals surface area (Å²) < 4.78 is 0. The first-order valence-corrected chi connectivity index (χ1v) is 10.1. The topological polar surface area (TPSA) is 115 Å². The van der Waals surface area contributed by atoms with Crippen LogP contribution in [0.15, 0.2) is 11.6 Å². The van der Waals surface area contributed by atoms with Crippen molar-refractivity contribution in [1.82, 2.24) is 0 Å². The van der Waals surface area contributed by atoms with Crippen LogP contribution in [-0.2, 0) is 9.59 Å². The minimum Gasteiger partial charge on any atom is -0.393 e. The number of ketones is 2. The van der Waals surface area contributed by atoms with E-state index in [1.165, 1.54) is 0 Å². The van der Waals surface area contributed by atoms with Crippen LogP contribution in [-0.4, -0.2) is 56.4 Å². The molecule has 0 aromatic rings. The first-order valence-electron chi connectivity index (χ1n) is 10.1. The van der Waals surface area contributed by atoms with Gasteiger partial charge in [-0.05, 0) is 61.3 Å². The van der Waals surface area contributed by atoms with Gasteiger partial charge < -0.3 is 20.4 Å². The predicted octanol–water partition coefficient (Wildman–Crippen LogP) is 0.752. The molecule has 4 aliphatic rings. The first kappa shape index (κ1) is 19.2. The standard InChI is InChI=1S/C21H30O6/c1-19-6-5-12(23)7-11(19)3-4-13-14-8-16(25)21(27,17(26)10-22)20(14,2)9-15(24)18(13)19/h7,13-16,18,22,24-25,27H,3-6,8-10H2,1-2H3/t13?,14?,15?,16-,18?,19?,20?,21+/m1/s1. The van der Waals surface area contributed by atoms with E-state index in [4.69, 9.17) is 0 Å². The summed E-state index contributed by atoms with van der Waals surface area (Å²) in [5.41, 5.74) is -2.15. The molecule has 4 aliphatic carbocycles. The lowest BCUT2D eigenvalue weighted by Gasteiger charge is -2.60. The Kier molecular flexibility index (Phi) is 4.25. The molecular weight excluding hydrogens is 348 g/mol. The molecule has 0 spiro atoms. The Morgan fingerprint density at radius 2 is 1.96 bits per heavy atom.